The van der Waals surface area contributed by atoms with Crippen LogP contribution in [0.2, 0.25) is 0 Å². The Bertz CT molecular complexity index is 344. The third kappa shape index (κ3) is 4.38. The molecule has 1 saturated heterocycles. The van der Waals surface area contributed by atoms with Gasteiger partial charge in [-0.25, -0.2) is 4.79 Å². The molecule has 1 heterocycles. The first-order chi connectivity index (χ1) is 9.06. The molecule has 2 rings (SSSR count). The van der Waals surface area contributed by atoms with Crippen LogP contribution in [0.1, 0.15) is 32.1 Å². The molecule has 2 N–H and O–H groups in total. The number of likely N-dealkylation sites (tertiary alicyclic amines) is 1. The highest BCUT2D eigenvalue weighted by Gasteiger charge is 2.33. The Balaban J connectivity index is 1.82. The summed E-state index contributed by atoms with van der Waals surface area (Å²) in [7, 11) is 2.06. The SMILES string of the molecule is CN1CCCC(NC(=O)N(CCC(=O)O)C2CC2)C1. The maximum Gasteiger partial charge on any atom is 0.317 e. The molecule has 0 aromatic rings. The van der Waals surface area contributed by atoms with Crippen LogP contribution in [0.4, 0.5) is 4.79 Å². The Labute approximate surface area is 113 Å². The molecule has 1 unspecified atom stereocenters. The molecule has 0 spiro atoms. The van der Waals surface area contributed by atoms with Crippen LogP contribution in [-0.4, -0.2) is 65.7 Å². The van der Waals surface area contributed by atoms with Crippen molar-refractivity contribution in [2.75, 3.05) is 26.7 Å². The average molecular weight is 269 g/mol. The first-order valence-electron chi connectivity index (χ1n) is 7.03. The van der Waals surface area contributed by atoms with E-state index < -0.39 is 5.97 Å². The number of aliphatic carboxylic acids is 1. The van der Waals surface area contributed by atoms with Crippen LogP contribution in [0.15, 0.2) is 0 Å². The quantitative estimate of drug-likeness (QED) is 0.771. The highest BCUT2D eigenvalue weighted by atomic mass is 16.4. The number of carboxylic acid groups (broad SMARTS) is 1. The average Bonchev–Trinajstić information content (AvgIpc) is 3.13. The van der Waals surface area contributed by atoms with E-state index in [9.17, 15) is 9.59 Å². The van der Waals surface area contributed by atoms with Crippen molar-refractivity contribution >= 4 is 12.0 Å². The molecule has 0 bridgehead atoms. The molecule has 6 heteroatoms. The molecule has 0 radical (unpaired) electrons. The van der Waals surface area contributed by atoms with E-state index >= 15 is 0 Å². The summed E-state index contributed by atoms with van der Waals surface area (Å²) in [5.41, 5.74) is 0. The van der Waals surface area contributed by atoms with E-state index in [4.69, 9.17) is 5.11 Å². The van der Waals surface area contributed by atoms with E-state index in [-0.39, 0.29) is 24.5 Å². The van der Waals surface area contributed by atoms with E-state index in [0.29, 0.717) is 6.54 Å². The number of urea groups is 1. The van der Waals surface area contributed by atoms with Gasteiger partial charge >= 0.3 is 12.0 Å². The zero-order valence-electron chi connectivity index (χ0n) is 11.5. The van der Waals surface area contributed by atoms with Crippen LogP contribution >= 0.6 is 0 Å². The van der Waals surface area contributed by atoms with Crippen molar-refractivity contribution < 1.29 is 14.7 Å². The molecule has 1 atom stereocenters. The summed E-state index contributed by atoms with van der Waals surface area (Å²) in [5.74, 6) is -0.851. The monoisotopic (exact) mass is 269 g/mol. The van der Waals surface area contributed by atoms with Gasteiger partial charge in [0.2, 0.25) is 0 Å². The summed E-state index contributed by atoms with van der Waals surface area (Å²) in [6, 6.07) is 0.349. The number of amides is 2. The molecule has 2 amide bonds. The number of likely N-dealkylation sites (N-methyl/N-ethyl adjacent to an activating group) is 1. The zero-order valence-corrected chi connectivity index (χ0v) is 11.5. The third-order valence-electron chi connectivity index (χ3n) is 3.77. The molecule has 0 aromatic carbocycles. The number of hydrogen-bond donors (Lipinski definition) is 2. The first kappa shape index (κ1) is 14.1. The number of hydrogen-bond acceptors (Lipinski definition) is 3. The molecule has 0 aromatic heterocycles. The zero-order chi connectivity index (χ0) is 13.8. The fraction of sp³-hybridized carbons (Fsp3) is 0.846. The van der Waals surface area contributed by atoms with Gasteiger partial charge in [0.05, 0.1) is 6.42 Å². The topological polar surface area (TPSA) is 72.9 Å². The summed E-state index contributed by atoms with van der Waals surface area (Å²) < 4.78 is 0. The van der Waals surface area contributed by atoms with Gasteiger partial charge in [-0.2, -0.15) is 0 Å². The number of nitrogens with zero attached hydrogens (tertiary/aromatic N) is 2. The van der Waals surface area contributed by atoms with E-state index in [1.807, 2.05) is 0 Å². The van der Waals surface area contributed by atoms with Crippen molar-refractivity contribution in [2.24, 2.45) is 0 Å². The van der Waals surface area contributed by atoms with Crippen LogP contribution in [-0.2, 0) is 4.79 Å². The second-order valence-electron chi connectivity index (χ2n) is 5.62. The second kappa shape index (κ2) is 6.23. The predicted octanol–water partition coefficient (Wildman–Crippen LogP) is 0.729. The summed E-state index contributed by atoms with van der Waals surface area (Å²) in [6.45, 7) is 2.27. The van der Waals surface area contributed by atoms with Crippen molar-refractivity contribution in [3.63, 3.8) is 0 Å². The molecule has 1 saturated carbocycles. The van der Waals surface area contributed by atoms with Crippen molar-refractivity contribution in [3.05, 3.63) is 0 Å². The molecular formula is C13H23N3O3. The second-order valence-corrected chi connectivity index (χ2v) is 5.62. The van der Waals surface area contributed by atoms with Crippen molar-refractivity contribution in [2.45, 2.75) is 44.2 Å². The number of rotatable bonds is 5. The summed E-state index contributed by atoms with van der Waals surface area (Å²) in [5, 5.41) is 11.8. The maximum absolute atomic E-state index is 12.2. The minimum absolute atomic E-state index is 0.0223. The van der Waals surface area contributed by atoms with Crippen molar-refractivity contribution in [1.29, 1.82) is 0 Å². The van der Waals surface area contributed by atoms with E-state index in [1.54, 1.807) is 4.90 Å². The van der Waals surface area contributed by atoms with Gasteiger partial charge < -0.3 is 20.2 Å². The third-order valence-corrected chi connectivity index (χ3v) is 3.77. The number of carbonyl (C=O) groups is 2. The maximum atomic E-state index is 12.2. The van der Waals surface area contributed by atoms with Crippen LogP contribution in [0, 0.1) is 0 Å². The Kier molecular flexibility index (Phi) is 4.63. The Morgan fingerprint density at radius 3 is 2.68 bits per heavy atom. The van der Waals surface area contributed by atoms with Gasteiger partial charge in [0.1, 0.15) is 0 Å². The molecule has 108 valence electrons. The minimum Gasteiger partial charge on any atom is -0.481 e. The number of piperidine rings is 1. The fourth-order valence-corrected chi connectivity index (χ4v) is 2.59. The van der Waals surface area contributed by atoms with Gasteiger partial charge in [0.15, 0.2) is 0 Å². The standard InChI is InChI=1S/C13H23N3O3/c1-15-7-2-3-10(9-15)14-13(19)16(11-4-5-11)8-6-12(17)18/h10-11H,2-9H2,1H3,(H,14,19)(H,17,18). The molecule has 2 aliphatic rings. The molecule has 6 nitrogen and oxygen atoms in total. The van der Waals surface area contributed by atoms with Gasteiger partial charge in [-0.1, -0.05) is 0 Å². The largest absolute Gasteiger partial charge is 0.481 e. The van der Waals surface area contributed by atoms with Gasteiger partial charge in [-0.05, 0) is 39.3 Å². The Morgan fingerprint density at radius 1 is 1.37 bits per heavy atom. The lowest BCUT2D eigenvalue weighted by Crippen LogP contribution is -2.51. The molecule has 1 aliphatic heterocycles. The first-order valence-corrected chi connectivity index (χ1v) is 7.03. The van der Waals surface area contributed by atoms with E-state index in [1.165, 1.54) is 0 Å². The number of carboxylic acids is 1. The highest BCUT2D eigenvalue weighted by molar-refractivity contribution is 5.76. The lowest BCUT2D eigenvalue weighted by atomic mass is 10.1. The van der Waals surface area contributed by atoms with Crippen LogP contribution < -0.4 is 5.32 Å². The van der Waals surface area contributed by atoms with E-state index in [0.717, 1.165) is 38.8 Å². The summed E-state index contributed by atoms with van der Waals surface area (Å²) in [6.07, 6.45) is 4.12. The lowest BCUT2D eigenvalue weighted by molar-refractivity contribution is -0.137. The lowest BCUT2D eigenvalue weighted by Gasteiger charge is -2.32. The highest BCUT2D eigenvalue weighted by Crippen LogP contribution is 2.27. The molecular weight excluding hydrogens is 246 g/mol. The van der Waals surface area contributed by atoms with Crippen molar-refractivity contribution in [1.82, 2.24) is 15.1 Å². The number of carbonyl (C=O) groups excluding carboxylic acids is 1. The van der Waals surface area contributed by atoms with Crippen LogP contribution in [0.3, 0.4) is 0 Å². The minimum atomic E-state index is -0.851. The normalized spacial score (nSPS) is 23.9. The molecule has 1 aliphatic carbocycles. The van der Waals surface area contributed by atoms with Gasteiger partial charge in [0.25, 0.3) is 0 Å². The summed E-state index contributed by atoms with van der Waals surface area (Å²) >= 11 is 0. The molecule has 2 fully saturated rings. The van der Waals surface area contributed by atoms with E-state index in [2.05, 4.69) is 17.3 Å². The van der Waals surface area contributed by atoms with Crippen LogP contribution in [0.5, 0.6) is 0 Å². The van der Waals surface area contributed by atoms with Crippen LogP contribution in [0.25, 0.3) is 0 Å². The Hall–Kier alpha value is -1.30. The molecule has 19 heavy (non-hydrogen) atoms. The van der Waals surface area contributed by atoms with Gasteiger partial charge in [-0.15, -0.1) is 0 Å². The van der Waals surface area contributed by atoms with Gasteiger partial charge in [0, 0.05) is 25.2 Å². The Morgan fingerprint density at radius 2 is 2.11 bits per heavy atom. The predicted molar refractivity (Wildman–Crippen MR) is 71.0 cm³/mol. The number of nitrogens with one attached hydrogen (secondary N) is 1. The van der Waals surface area contributed by atoms with Gasteiger partial charge in [-0.3, -0.25) is 4.79 Å². The van der Waals surface area contributed by atoms with Crippen molar-refractivity contribution in [3.8, 4) is 0 Å². The smallest absolute Gasteiger partial charge is 0.317 e. The fourth-order valence-electron chi connectivity index (χ4n) is 2.59. The summed E-state index contributed by atoms with van der Waals surface area (Å²) in [4.78, 5) is 26.8.